The van der Waals surface area contributed by atoms with Crippen LogP contribution in [0.5, 0.6) is 0 Å². The second-order valence-corrected chi connectivity index (χ2v) is 4.75. The Morgan fingerprint density at radius 1 is 1.16 bits per heavy atom. The van der Waals surface area contributed by atoms with Crippen molar-refractivity contribution in [1.82, 2.24) is 10.4 Å². The van der Waals surface area contributed by atoms with E-state index in [1.165, 1.54) is 12.1 Å². The van der Waals surface area contributed by atoms with E-state index in [0.717, 1.165) is 23.3 Å². The Morgan fingerprint density at radius 2 is 1.95 bits per heavy atom. The normalized spacial score (nSPS) is 18.0. The largest absolute Gasteiger partial charge is 0.302 e. The average Bonchev–Trinajstić information content (AvgIpc) is 2.90. The molecule has 0 radical (unpaired) electrons. The topological polar surface area (TPSA) is 37.3 Å². The molecule has 2 aromatic rings. The van der Waals surface area contributed by atoms with E-state index in [-0.39, 0.29) is 11.9 Å². The molecule has 1 aromatic heterocycles. The lowest BCUT2D eigenvalue weighted by Crippen LogP contribution is -2.09. The van der Waals surface area contributed by atoms with Crippen LogP contribution in [0.1, 0.15) is 23.6 Å². The number of nitrogens with zero attached hydrogens (tertiary/aromatic N) is 2. The summed E-state index contributed by atoms with van der Waals surface area (Å²) in [5, 5.41) is 4.77. The minimum Gasteiger partial charge on any atom is -0.302 e. The highest BCUT2D eigenvalue weighted by atomic mass is 35.5. The molecule has 0 aliphatic carbocycles. The molecule has 2 heterocycles. The van der Waals surface area contributed by atoms with E-state index in [1.807, 2.05) is 6.07 Å². The van der Waals surface area contributed by atoms with Crippen LogP contribution in [0.3, 0.4) is 0 Å². The van der Waals surface area contributed by atoms with Gasteiger partial charge in [-0.25, -0.2) is 9.37 Å². The van der Waals surface area contributed by atoms with Gasteiger partial charge in [-0.05, 0) is 29.8 Å². The van der Waals surface area contributed by atoms with Gasteiger partial charge in [-0.2, -0.15) is 5.10 Å². The molecule has 0 fully saturated rings. The number of hydrogen-bond acceptors (Lipinski definition) is 3. The summed E-state index contributed by atoms with van der Waals surface area (Å²) in [6.45, 7) is 0. The maximum absolute atomic E-state index is 12.9. The molecular weight excluding hydrogens is 265 g/mol. The third-order valence-corrected chi connectivity index (χ3v) is 3.31. The molecule has 0 bridgehead atoms. The van der Waals surface area contributed by atoms with Crippen LogP contribution >= 0.6 is 11.6 Å². The van der Waals surface area contributed by atoms with Gasteiger partial charge in [-0.3, -0.25) is 0 Å². The molecule has 1 aliphatic heterocycles. The molecule has 0 spiro atoms. The number of pyridine rings is 1. The highest BCUT2D eigenvalue weighted by Gasteiger charge is 2.21. The van der Waals surface area contributed by atoms with Gasteiger partial charge in [0, 0.05) is 18.2 Å². The van der Waals surface area contributed by atoms with Crippen LogP contribution < -0.4 is 5.43 Å². The Balaban J connectivity index is 1.76. The third kappa shape index (κ3) is 2.58. The molecule has 1 aromatic carbocycles. The van der Waals surface area contributed by atoms with E-state index in [1.54, 1.807) is 24.4 Å². The van der Waals surface area contributed by atoms with Crippen LogP contribution in [0.25, 0.3) is 0 Å². The first-order chi connectivity index (χ1) is 9.22. The van der Waals surface area contributed by atoms with Crippen LogP contribution in [0.2, 0.25) is 5.15 Å². The quantitative estimate of drug-likeness (QED) is 0.854. The zero-order valence-corrected chi connectivity index (χ0v) is 10.7. The number of rotatable bonds is 2. The van der Waals surface area contributed by atoms with Crippen molar-refractivity contribution < 1.29 is 4.39 Å². The fourth-order valence-corrected chi connectivity index (χ4v) is 2.17. The maximum Gasteiger partial charge on any atom is 0.129 e. The highest BCUT2D eigenvalue weighted by molar-refractivity contribution is 6.29. The molecular formula is C14H11ClFN3. The SMILES string of the molecule is Fc1ccc(C2CC(c3ccc(Cl)nc3)=NN2)cc1. The molecule has 5 heteroatoms. The van der Waals surface area contributed by atoms with Gasteiger partial charge in [0.1, 0.15) is 11.0 Å². The minimum absolute atomic E-state index is 0.0753. The Bertz CT molecular complexity index is 608. The summed E-state index contributed by atoms with van der Waals surface area (Å²) in [5.74, 6) is -0.232. The smallest absolute Gasteiger partial charge is 0.129 e. The van der Waals surface area contributed by atoms with Gasteiger partial charge in [0.05, 0.1) is 11.8 Å². The minimum atomic E-state index is -0.232. The monoisotopic (exact) mass is 275 g/mol. The summed E-state index contributed by atoms with van der Waals surface area (Å²) in [7, 11) is 0. The highest BCUT2D eigenvalue weighted by Crippen LogP contribution is 2.24. The van der Waals surface area contributed by atoms with Crippen molar-refractivity contribution in [3.05, 3.63) is 64.7 Å². The second-order valence-electron chi connectivity index (χ2n) is 4.37. The molecule has 1 aliphatic rings. The summed E-state index contributed by atoms with van der Waals surface area (Å²) in [6.07, 6.45) is 2.45. The molecule has 0 amide bonds. The number of benzene rings is 1. The molecule has 96 valence electrons. The summed E-state index contributed by atoms with van der Waals surface area (Å²) >= 11 is 5.76. The molecule has 1 N–H and O–H groups in total. The van der Waals surface area contributed by atoms with Gasteiger partial charge in [-0.15, -0.1) is 0 Å². The van der Waals surface area contributed by atoms with E-state index < -0.39 is 0 Å². The molecule has 0 saturated carbocycles. The van der Waals surface area contributed by atoms with E-state index in [2.05, 4.69) is 15.5 Å². The fourth-order valence-electron chi connectivity index (χ4n) is 2.06. The van der Waals surface area contributed by atoms with Crippen molar-refractivity contribution in [2.75, 3.05) is 0 Å². The van der Waals surface area contributed by atoms with Crippen LogP contribution in [0, 0.1) is 5.82 Å². The Kier molecular flexibility index (Phi) is 3.17. The molecule has 3 nitrogen and oxygen atoms in total. The van der Waals surface area contributed by atoms with Crippen molar-refractivity contribution in [1.29, 1.82) is 0 Å². The van der Waals surface area contributed by atoms with E-state index >= 15 is 0 Å². The van der Waals surface area contributed by atoms with Gasteiger partial charge in [0.2, 0.25) is 0 Å². The Hall–Kier alpha value is -1.94. The molecule has 3 rings (SSSR count). The predicted octanol–water partition coefficient (Wildman–Crippen LogP) is 3.31. The zero-order valence-electron chi connectivity index (χ0n) is 9.98. The fraction of sp³-hybridized carbons (Fsp3) is 0.143. The van der Waals surface area contributed by atoms with Crippen LogP contribution in [0.15, 0.2) is 47.7 Å². The number of aromatic nitrogens is 1. The molecule has 1 atom stereocenters. The summed E-state index contributed by atoms with van der Waals surface area (Å²) < 4.78 is 12.9. The predicted molar refractivity (Wildman–Crippen MR) is 72.7 cm³/mol. The number of hydrazone groups is 1. The lowest BCUT2D eigenvalue weighted by Gasteiger charge is -2.09. The van der Waals surface area contributed by atoms with Gasteiger partial charge >= 0.3 is 0 Å². The molecule has 0 saturated heterocycles. The molecule has 19 heavy (non-hydrogen) atoms. The van der Waals surface area contributed by atoms with Crippen LogP contribution in [-0.4, -0.2) is 10.7 Å². The Labute approximate surface area is 115 Å². The maximum atomic E-state index is 12.9. The van der Waals surface area contributed by atoms with Crippen LogP contribution in [0.4, 0.5) is 4.39 Å². The number of halogens is 2. The van der Waals surface area contributed by atoms with Crippen molar-refractivity contribution in [3.8, 4) is 0 Å². The van der Waals surface area contributed by atoms with E-state index in [4.69, 9.17) is 11.6 Å². The molecule has 1 unspecified atom stereocenters. The van der Waals surface area contributed by atoms with Crippen molar-refractivity contribution >= 4 is 17.3 Å². The van der Waals surface area contributed by atoms with Gasteiger partial charge in [-0.1, -0.05) is 23.7 Å². The van der Waals surface area contributed by atoms with Gasteiger partial charge in [0.15, 0.2) is 0 Å². The third-order valence-electron chi connectivity index (χ3n) is 3.09. The number of nitrogens with one attached hydrogen (secondary N) is 1. The summed E-state index contributed by atoms with van der Waals surface area (Å²) in [6, 6.07) is 10.2. The zero-order chi connectivity index (χ0) is 13.2. The first kappa shape index (κ1) is 12.1. The van der Waals surface area contributed by atoms with E-state index in [9.17, 15) is 4.39 Å². The van der Waals surface area contributed by atoms with Crippen LogP contribution in [-0.2, 0) is 0 Å². The second kappa shape index (κ2) is 4.97. The average molecular weight is 276 g/mol. The van der Waals surface area contributed by atoms with Gasteiger partial charge in [0.25, 0.3) is 0 Å². The lowest BCUT2D eigenvalue weighted by atomic mass is 10.00. The summed E-state index contributed by atoms with van der Waals surface area (Å²) in [5.41, 5.74) is 5.95. The number of hydrogen-bond donors (Lipinski definition) is 1. The first-order valence-corrected chi connectivity index (χ1v) is 6.29. The van der Waals surface area contributed by atoms with E-state index in [0.29, 0.717) is 5.15 Å². The van der Waals surface area contributed by atoms with Crippen molar-refractivity contribution in [3.63, 3.8) is 0 Å². The lowest BCUT2D eigenvalue weighted by molar-refractivity contribution is 0.607. The first-order valence-electron chi connectivity index (χ1n) is 5.92. The van der Waals surface area contributed by atoms with Crippen molar-refractivity contribution in [2.45, 2.75) is 12.5 Å². The van der Waals surface area contributed by atoms with Gasteiger partial charge < -0.3 is 5.43 Å². The summed E-state index contributed by atoms with van der Waals surface area (Å²) in [4.78, 5) is 4.04. The Morgan fingerprint density at radius 3 is 2.63 bits per heavy atom. The standard InChI is InChI=1S/C14H11ClFN3/c15-14-6-3-10(8-17-14)13-7-12(18-19-13)9-1-4-11(16)5-2-9/h1-6,8,12,18H,7H2. The van der Waals surface area contributed by atoms with Crippen molar-refractivity contribution in [2.24, 2.45) is 5.10 Å².